The smallest absolute Gasteiger partial charge is 0.445 e. The Morgan fingerprint density at radius 2 is 2.23 bits per heavy atom. The predicted molar refractivity (Wildman–Crippen MR) is 83.1 cm³/mol. The number of amidine groups is 1. The molecular weight excluding hydrogens is 306 g/mol. The maximum Gasteiger partial charge on any atom is 0.445 e. The summed E-state index contributed by atoms with van der Waals surface area (Å²) in [5.74, 6) is -0.939. The first kappa shape index (κ1) is 16.4. The van der Waals surface area contributed by atoms with Gasteiger partial charge >= 0.3 is 17.9 Å². The van der Waals surface area contributed by atoms with E-state index in [1.165, 1.54) is 30.5 Å². The van der Waals surface area contributed by atoms with Crippen LogP contribution in [0.2, 0.25) is 0 Å². The molecule has 2 aliphatic heterocycles. The van der Waals surface area contributed by atoms with Gasteiger partial charge in [0.1, 0.15) is 11.5 Å². The zero-order valence-corrected chi connectivity index (χ0v) is 13.7. The van der Waals surface area contributed by atoms with Crippen molar-refractivity contribution in [1.29, 1.82) is 0 Å². The van der Waals surface area contributed by atoms with Crippen molar-refractivity contribution in [3.05, 3.63) is 11.0 Å². The highest BCUT2D eigenvalue weighted by Crippen LogP contribution is 2.35. The number of fused-ring (bicyclic) bond motifs is 1. The maximum absolute atomic E-state index is 12.4. The minimum Gasteiger partial charge on any atom is -0.468 e. The summed E-state index contributed by atoms with van der Waals surface area (Å²) in [6.07, 6.45) is 3.83. The van der Waals surface area contributed by atoms with Crippen LogP contribution in [0.15, 0.2) is 16.0 Å². The number of hydrogen-bond acceptors (Lipinski definition) is 6. The van der Waals surface area contributed by atoms with Crippen molar-refractivity contribution < 1.29 is 23.7 Å². The lowest BCUT2D eigenvalue weighted by Gasteiger charge is -2.27. The Kier molecular flexibility index (Phi) is 4.80. The Morgan fingerprint density at radius 1 is 1.55 bits per heavy atom. The fourth-order valence-electron chi connectivity index (χ4n) is 2.31. The summed E-state index contributed by atoms with van der Waals surface area (Å²) >= 11 is 1.28. The van der Waals surface area contributed by atoms with Crippen LogP contribution in [0.4, 0.5) is 4.79 Å². The first-order valence-corrected chi connectivity index (χ1v) is 7.71. The average molecular weight is 324 g/mol. The standard InChI is InChI=1S/C14H18N3O4S/c1-5-8(13(19)21-4)22-9-6-7-15-11-10(9)12(18)17(3)14(20)16(11)2/h6-8,10H,5H2,1-4H3/q+1. The van der Waals surface area contributed by atoms with Gasteiger partial charge in [0.25, 0.3) is 5.84 Å². The minimum absolute atomic E-state index is 0.335. The number of carbonyl (C=O) groups excluding carboxylic acids is 3. The van der Waals surface area contributed by atoms with Crippen molar-refractivity contribution in [2.45, 2.75) is 18.6 Å². The van der Waals surface area contributed by atoms with Crippen molar-refractivity contribution in [2.75, 3.05) is 21.2 Å². The Balaban J connectivity index is 2.36. The van der Waals surface area contributed by atoms with E-state index in [0.717, 1.165) is 4.90 Å². The van der Waals surface area contributed by atoms with Crippen LogP contribution in [-0.2, 0) is 14.3 Å². The van der Waals surface area contributed by atoms with Gasteiger partial charge in [-0.15, -0.1) is 16.8 Å². The van der Waals surface area contributed by atoms with E-state index in [4.69, 9.17) is 4.74 Å². The molecule has 0 aromatic heterocycles. The van der Waals surface area contributed by atoms with E-state index in [1.54, 1.807) is 19.3 Å². The zero-order chi connectivity index (χ0) is 16.4. The second kappa shape index (κ2) is 6.43. The highest BCUT2D eigenvalue weighted by Gasteiger charge is 2.47. The molecule has 118 valence electrons. The SMILES string of the molecule is CCC(SC1=CC=NC2=[N+](C)C(=O)N(C)C(=O)C12)C(=O)OC. The fourth-order valence-corrected chi connectivity index (χ4v) is 3.48. The molecule has 2 aliphatic rings. The van der Waals surface area contributed by atoms with Crippen LogP contribution in [-0.4, -0.2) is 65.9 Å². The van der Waals surface area contributed by atoms with Crippen LogP contribution in [0.25, 0.3) is 0 Å². The summed E-state index contributed by atoms with van der Waals surface area (Å²) in [6, 6.07) is -0.417. The average Bonchev–Trinajstić information content (AvgIpc) is 2.54. The summed E-state index contributed by atoms with van der Waals surface area (Å²) < 4.78 is 6.14. The molecule has 0 fully saturated rings. The molecule has 0 aromatic rings. The van der Waals surface area contributed by atoms with Crippen LogP contribution in [0, 0.1) is 5.92 Å². The molecule has 3 amide bonds. The molecule has 0 saturated heterocycles. The number of aliphatic imine (C=N–C) groups is 1. The van der Waals surface area contributed by atoms with E-state index >= 15 is 0 Å². The number of amides is 3. The molecule has 0 N–H and O–H groups in total. The van der Waals surface area contributed by atoms with Gasteiger partial charge in [-0.3, -0.25) is 9.59 Å². The van der Waals surface area contributed by atoms with Crippen LogP contribution >= 0.6 is 11.8 Å². The molecule has 8 heteroatoms. The van der Waals surface area contributed by atoms with Gasteiger partial charge in [-0.2, -0.15) is 9.48 Å². The molecular formula is C14H18N3O4S+. The molecule has 2 atom stereocenters. The highest BCUT2D eigenvalue weighted by atomic mass is 32.2. The number of thioether (sulfide) groups is 1. The quantitative estimate of drug-likeness (QED) is 0.567. The number of nitrogens with zero attached hydrogens (tertiary/aromatic N) is 3. The lowest BCUT2D eigenvalue weighted by Crippen LogP contribution is -2.52. The minimum atomic E-state index is -0.651. The van der Waals surface area contributed by atoms with E-state index in [2.05, 4.69) is 4.99 Å². The van der Waals surface area contributed by atoms with Crippen LogP contribution in [0.3, 0.4) is 0 Å². The number of urea groups is 1. The van der Waals surface area contributed by atoms with Gasteiger partial charge in [0, 0.05) is 4.91 Å². The molecule has 2 unspecified atom stereocenters. The molecule has 2 heterocycles. The van der Waals surface area contributed by atoms with E-state index in [0.29, 0.717) is 17.2 Å². The van der Waals surface area contributed by atoms with E-state index < -0.39 is 17.2 Å². The maximum atomic E-state index is 12.4. The third-order valence-corrected chi connectivity index (χ3v) is 5.05. The van der Waals surface area contributed by atoms with Crippen LogP contribution < -0.4 is 0 Å². The molecule has 7 nitrogen and oxygen atoms in total. The van der Waals surface area contributed by atoms with E-state index in [9.17, 15) is 14.4 Å². The van der Waals surface area contributed by atoms with Crippen LogP contribution in [0.1, 0.15) is 13.3 Å². The fraction of sp³-hybridized carbons (Fsp3) is 0.500. The van der Waals surface area contributed by atoms with Gasteiger partial charge in [-0.1, -0.05) is 6.92 Å². The zero-order valence-electron chi connectivity index (χ0n) is 12.9. The molecule has 0 spiro atoms. The number of allylic oxidation sites excluding steroid dienone is 1. The molecule has 22 heavy (non-hydrogen) atoms. The second-order valence-corrected chi connectivity index (χ2v) is 6.19. The lowest BCUT2D eigenvalue weighted by molar-refractivity contribution is -0.407. The number of imide groups is 1. The second-order valence-electron chi connectivity index (χ2n) is 4.92. The molecule has 0 bridgehead atoms. The summed E-state index contributed by atoms with van der Waals surface area (Å²) in [6.45, 7) is 1.88. The van der Waals surface area contributed by atoms with Crippen molar-refractivity contribution >= 4 is 41.7 Å². The predicted octanol–water partition coefficient (Wildman–Crippen LogP) is 0.889. The lowest BCUT2D eigenvalue weighted by atomic mass is 10.0. The molecule has 0 radical (unpaired) electrons. The molecule has 2 rings (SSSR count). The van der Waals surface area contributed by atoms with Gasteiger partial charge in [0.05, 0.1) is 21.2 Å². The van der Waals surface area contributed by atoms with Crippen LogP contribution in [0.5, 0.6) is 0 Å². The van der Waals surface area contributed by atoms with Gasteiger partial charge in [-0.05, 0) is 12.5 Å². The highest BCUT2D eigenvalue weighted by molar-refractivity contribution is 8.04. The monoisotopic (exact) mass is 324 g/mol. The Morgan fingerprint density at radius 3 is 2.82 bits per heavy atom. The number of methoxy groups -OCH3 is 1. The Labute approximate surface area is 132 Å². The summed E-state index contributed by atoms with van der Waals surface area (Å²) in [4.78, 5) is 42.1. The van der Waals surface area contributed by atoms with Gasteiger partial charge in [0.15, 0.2) is 5.92 Å². The van der Waals surface area contributed by atoms with E-state index in [1.807, 2.05) is 6.92 Å². The number of carbonyl (C=O) groups is 3. The first-order chi connectivity index (χ1) is 10.4. The summed E-state index contributed by atoms with van der Waals surface area (Å²) in [5.41, 5.74) is 0. The van der Waals surface area contributed by atoms with Gasteiger partial charge in [-0.25, -0.2) is 4.79 Å². The van der Waals surface area contributed by atoms with Crippen molar-refractivity contribution in [3.63, 3.8) is 0 Å². The number of dihydropyridines is 1. The normalized spacial score (nSPS) is 22.5. The largest absolute Gasteiger partial charge is 0.468 e. The Bertz CT molecular complexity index is 624. The third kappa shape index (κ3) is 2.70. The van der Waals surface area contributed by atoms with E-state index in [-0.39, 0.29) is 11.9 Å². The number of ether oxygens (including phenoxy) is 1. The number of rotatable bonds is 4. The summed E-state index contributed by atoms with van der Waals surface area (Å²) in [7, 11) is 4.36. The summed E-state index contributed by atoms with van der Waals surface area (Å²) in [5, 5.41) is -0.398. The number of esters is 1. The van der Waals surface area contributed by atoms with Crippen molar-refractivity contribution in [2.24, 2.45) is 10.9 Å². The third-order valence-electron chi connectivity index (χ3n) is 3.60. The number of hydrogen-bond donors (Lipinski definition) is 0. The molecule has 0 aromatic carbocycles. The first-order valence-electron chi connectivity index (χ1n) is 6.83. The van der Waals surface area contributed by atoms with Gasteiger partial charge < -0.3 is 4.74 Å². The molecule has 0 saturated carbocycles. The Hall–Kier alpha value is -1.96. The van der Waals surface area contributed by atoms with Gasteiger partial charge in [0.2, 0.25) is 0 Å². The van der Waals surface area contributed by atoms with Crippen molar-refractivity contribution in [1.82, 2.24) is 4.90 Å². The topological polar surface area (TPSA) is 79.0 Å². The van der Waals surface area contributed by atoms with Crippen molar-refractivity contribution in [3.8, 4) is 0 Å². The molecule has 0 aliphatic carbocycles.